The third-order valence-electron chi connectivity index (χ3n) is 5.17. The van der Waals surface area contributed by atoms with E-state index in [9.17, 15) is 24.3 Å². The minimum atomic E-state index is -1.10. The van der Waals surface area contributed by atoms with Gasteiger partial charge in [0.2, 0.25) is 5.91 Å². The molecule has 0 aliphatic rings. The predicted octanol–water partition coefficient (Wildman–Crippen LogP) is 4.14. The van der Waals surface area contributed by atoms with Crippen LogP contribution in [0.15, 0.2) is 51.7 Å². The van der Waals surface area contributed by atoms with Crippen molar-refractivity contribution in [3.63, 3.8) is 0 Å². The molecule has 9 heteroatoms. The molecule has 0 bridgehead atoms. The van der Waals surface area contributed by atoms with Crippen molar-refractivity contribution in [1.82, 2.24) is 0 Å². The maximum atomic E-state index is 12.7. The van der Waals surface area contributed by atoms with Crippen LogP contribution >= 0.6 is 0 Å². The van der Waals surface area contributed by atoms with Crippen LogP contribution in [0.25, 0.3) is 11.0 Å². The van der Waals surface area contributed by atoms with E-state index >= 15 is 0 Å². The Bertz CT molecular complexity index is 1290. The van der Waals surface area contributed by atoms with E-state index in [1.54, 1.807) is 18.2 Å². The molecule has 1 heterocycles. The van der Waals surface area contributed by atoms with Crippen LogP contribution in [0.2, 0.25) is 0 Å². The number of rotatable bonds is 9. The van der Waals surface area contributed by atoms with Gasteiger partial charge in [-0.25, -0.2) is 4.79 Å². The minimum absolute atomic E-state index is 0.00721. The van der Waals surface area contributed by atoms with Crippen LogP contribution in [0, 0.1) is 5.92 Å². The summed E-state index contributed by atoms with van der Waals surface area (Å²) in [5.41, 5.74) is 0.258. The summed E-state index contributed by atoms with van der Waals surface area (Å²) in [5.74, 6) is -2.11. The quantitative estimate of drug-likeness (QED) is 0.347. The number of carbonyl (C=O) groups is 3. The normalized spacial score (nSPS) is 10.9. The average Bonchev–Trinajstić information content (AvgIpc) is 2.79. The van der Waals surface area contributed by atoms with Crippen LogP contribution in [0.1, 0.15) is 49.0 Å². The molecule has 178 valence electrons. The zero-order valence-electron chi connectivity index (χ0n) is 18.9. The number of benzene rings is 2. The van der Waals surface area contributed by atoms with Crippen molar-refractivity contribution in [3.8, 4) is 5.75 Å². The van der Waals surface area contributed by atoms with E-state index in [0.717, 1.165) is 18.4 Å². The van der Waals surface area contributed by atoms with Crippen LogP contribution < -0.4 is 16.3 Å². The van der Waals surface area contributed by atoms with Crippen LogP contribution in [0.3, 0.4) is 0 Å². The fourth-order valence-electron chi connectivity index (χ4n) is 3.33. The second-order valence-electron chi connectivity index (χ2n) is 8.35. The van der Waals surface area contributed by atoms with Gasteiger partial charge in [-0.3, -0.25) is 14.4 Å². The monoisotopic (exact) mass is 466 g/mol. The molecule has 0 saturated carbocycles. The number of anilines is 2. The number of aromatic hydroxyl groups is 1. The van der Waals surface area contributed by atoms with Crippen molar-refractivity contribution < 1.29 is 29.0 Å². The van der Waals surface area contributed by atoms with E-state index in [0.29, 0.717) is 11.5 Å². The van der Waals surface area contributed by atoms with Gasteiger partial charge in [0.25, 0.3) is 5.91 Å². The molecule has 0 atom stereocenters. The summed E-state index contributed by atoms with van der Waals surface area (Å²) in [5, 5.41) is 24.4. The summed E-state index contributed by atoms with van der Waals surface area (Å²) >= 11 is 0. The highest BCUT2D eigenvalue weighted by Gasteiger charge is 2.18. The largest absolute Gasteiger partial charge is 0.505 e. The molecule has 9 nitrogen and oxygen atoms in total. The maximum absolute atomic E-state index is 12.7. The number of amides is 2. The Morgan fingerprint density at radius 3 is 2.50 bits per heavy atom. The minimum Gasteiger partial charge on any atom is -0.505 e. The highest BCUT2D eigenvalue weighted by Crippen LogP contribution is 2.31. The average molecular weight is 466 g/mol. The molecular weight excluding hydrogens is 440 g/mol. The van der Waals surface area contributed by atoms with Gasteiger partial charge >= 0.3 is 11.6 Å². The van der Waals surface area contributed by atoms with Crippen LogP contribution in [-0.2, 0) is 16.0 Å². The first-order valence-electron chi connectivity index (χ1n) is 10.9. The number of nitrogens with one attached hydrogen (secondary N) is 2. The number of aliphatic carboxylic acids is 1. The molecule has 2 aromatic carbocycles. The summed E-state index contributed by atoms with van der Waals surface area (Å²) in [6, 6.07) is 11.3. The van der Waals surface area contributed by atoms with Crippen molar-refractivity contribution in [2.24, 2.45) is 5.92 Å². The number of hydrogen-bond donors (Lipinski definition) is 4. The fourth-order valence-corrected chi connectivity index (χ4v) is 3.33. The summed E-state index contributed by atoms with van der Waals surface area (Å²) in [6.07, 6.45) is 1.25. The molecule has 0 unspecified atom stereocenters. The van der Waals surface area contributed by atoms with Gasteiger partial charge in [-0.2, -0.15) is 0 Å². The van der Waals surface area contributed by atoms with E-state index in [2.05, 4.69) is 24.5 Å². The molecule has 0 fully saturated rings. The Labute approximate surface area is 195 Å². The van der Waals surface area contributed by atoms with Crippen molar-refractivity contribution in [2.75, 3.05) is 10.6 Å². The molecule has 1 aromatic heterocycles. The molecule has 0 aliphatic carbocycles. The maximum Gasteiger partial charge on any atom is 0.364 e. The lowest BCUT2D eigenvalue weighted by Gasteiger charge is -2.11. The second-order valence-corrected chi connectivity index (χ2v) is 8.35. The predicted molar refractivity (Wildman–Crippen MR) is 127 cm³/mol. The van der Waals surface area contributed by atoms with Gasteiger partial charge in [0.05, 0.1) is 11.8 Å². The lowest BCUT2D eigenvalue weighted by Crippen LogP contribution is -2.18. The Balaban J connectivity index is 1.80. The zero-order chi connectivity index (χ0) is 24.8. The highest BCUT2D eigenvalue weighted by molar-refractivity contribution is 6.06. The molecular formula is C25H26N2O7. The smallest absolute Gasteiger partial charge is 0.364 e. The summed E-state index contributed by atoms with van der Waals surface area (Å²) in [7, 11) is 0. The van der Waals surface area contributed by atoms with Gasteiger partial charge in [-0.05, 0) is 48.6 Å². The summed E-state index contributed by atoms with van der Waals surface area (Å²) < 4.78 is 5.24. The van der Waals surface area contributed by atoms with Crippen molar-refractivity contribution in [3.05, 3.63) is 64.0 Å². The Kier molecular flexibility index (Phi) is 7.68. The van der Waals surface area contributed by atoms with E-state index in [-0.39, 0.29) is 35.2 Å². The van der Waals surface area contributed by atoms with Crippen molar-refractivity contribution >= 4 is 40.1 Å². The summed E-state index contributed by atoms with van der Waals surface area (Å²) in [4.78, 5) is 47.6. The van der Waals surface area contributed by atoms with E-state index in [4.69, 9.17) is 9.52 Å². The molecule has 0 saturated heterocycles. The molecule has 3 rings (SSSR count). The van der Waals surface area contributed by atoms with E-state index < -0.39 is 29.2 Å². The third-order valence-corrected chi connectivity index (χ3v) is 5.17. The van der Waals surface area contributed by atoms with Gasteiger partial charge < -0.3 is 25.3 Å². The molecule has 0 spiro atoms. The molecule has 2 amide bonds. The molecule has 3 aromatic rings. The lowest BCUT2D eigenvalue weighted by atomic mass is 10.0. The Morgan fingerprint density at radius 2 is 1.79 bits per heavy atom. The second kappa shape index (κ2) is 10.7. The van der Waals surface area contributed by atoms with Gasteiger partial charge in [0.15, 0.2) is 11.4 Å². The van der Waals surface area contributed by atoms with Gasteiger partial charge in [-0.1, -0.05) is 26.0 Å². The van der Waals surface area contributed by atoms with E-state index in [1.807, 2.05) is 6.07 Å². The number of carbonyl (C=O) groups excluding carboxylic acids is 2. The first-order valence-corrected chi connectivity index (χ1v) is 10.9. The Hall–Kier alpha value is -4.14. The van der Waals surface area contributed by atoms with Crippen LogP contribution in [-0.4, -0.2) is 28.0 Å². The van der Waals surface area contributed by atoms with E-state index in [1.165, 1.54) is 18.2 Å². The van der Waals surface area contributed by atoms with Crippen LogP contribution in [0.5, 0.6) is 5.75 Å². The fraction of sp³-hybridized carbons (Fsp3) is 0.280. The first kappa shape index (κ1) is 24.5. The number of carboxylic acids is 1. The number of carboxylic acid groups (broad SMARTS) is 1. The number of fused-ring (bicyclic) bond motifs is 1. The van der Waals surface area contributed by atoms with Crippen LogP contribution in [0.4, 0.5) is 11.4 Å². The van der Waals surface area contributed by atoms with Gasteiger partial charge in [0, 0.05) is 23.7 Å². The topological polar surface area (TPSA) is 146 Å². The first-order chi connectivity index (χ1) is 16.1. The summed E-state index contributed by atoms with van der Waals surface area (Å²) in [6.45, 7) is 4.24. The molecule has 4 N–H and O–H groups in total. The van der Waals surface area contributed by atoms with Crippen molar-refractivity contribution in [1.29, 1.82) is 0 Å². The molecule has 0 aliphatic heterocycles. The lowest BCUT2D eigenvalue weighted by molar-refractivity contribution is -0.138. The highest BCUT2D eigenvalue weighted by atomic mass is 16.4. The number of aryl methyl sites for hydroxylation is 1. The molecule has 34 heavy (non-hydrogen) atoms. The van der Waals surface area contributed by atoms with Gasteiger partial charge in [-0.15, -0.1) is 0 Å². The third kappa shape index (κ3) is 6.22. The van der Waals surface area contributed by atoms with Crippen molar-refractivity contribution in [2.45, 2.75) is 39.5 Å². The molecule has 0 radical (unpaired) electrons. The number of hydrogen-bond acceptors (Lipinski definition) is 6. The van der Waals surface area contributed by atoms with Gasteiger partial charge in [0.1, 0.15) is 5.58 Å². The zero-order valence-corrected chi connectivity index (χ0v) is 18.9. The SMILES string of the molecule is CC(C)CCc1cccc(C(=O)Nc2c(O)c3ccc(NC(=O)CCC(=O)O)cc3oc2=O)c1. The Morgan fingerprint density at radius 1 is 1.03 bits per heavy atom. The standard InChI is InChI=1S/C25H26N2O7/c1-14(2)6-7-15-4-3-5-16(12-15)24(32)27-22-23(31)18-9-8-17(13-19(18)34-25(22)33)26-20(28)10-11-21(29)30/h3-5,8-9,12-14,31H,6-7,10-11H2,1-2H3,(H,26,28)(H,27,32)(H,29,30).